The smallest absolute Gasteiger partial charge is 0.0652 e. The van der Waals surface area contributed by atoms with Gasteiger partial charge in [0.25, 0.3) is 0 Å². The summed E-state index contributed by atoms with van der Waals surface area (Å²) in [6.45, 7) is 8.40. The summed E-state index contributed by atoms with van der Waals surface area (Å²) in [5.41, 5.74) is 2.03. The first-order chi connectivity index (χ1) is 6.99. The second kappa shape index (κ2) is 4.77. The Balaban J connectivity index is 3.05. The van der Waals surface area contributed by atoms with E-state index in [1.807, 2.05) is 19.1 Å². The topological polar surface area (TPSA) is 32.3 Å². The Hall–Kier alpha value is -0.860. The van der Waals surface area contributed by atoms with E-state index in [0.29, 0.717) is 6.04 Å². The fourth-order valence-electron chi connectivity index (χ4n) is 2.04. The third-order valence-corrected chi connectivity index (χ3v) is 2.66. The van der Waals surface area contributed by atoms with Crippen molar-refractivity contribution in [3.05, 3.63) is 35.4 Å². The number of hydrogen-bond acceptors (Lipinski definition) is 2. The van der Waals surface area contributed by atoms with Gasteiger partial charge in [-0.1, -0.05) is 24.3 Å². The van der Waals surface area contributed by atoms with Gasteiger partial charge in [-0.05, 0) is 38.8 Å². The average Bonchev–Trinajstić information content (AvgIpc) is 2.17. The molecule has 1 unspecified atom stereocenters. The molecule has 1 rings (SSSR count). The van der Waals surface area contributed by atoms with Crippen LogP contribution in [0.2, 0.25) is 0 Å². The van der Waals surface area contributed by atoms with Crippen molar-refractivity contribution in [2.75, 3.05) is 6.61 Å². The highest BCUT2D eigenvalue weighted by Crippen LogP contribution is 2.23. The molecule has 2 heteroatoms. The number of nitrogens with one attached hydrogen (secondary N) is 1. The summed E-state index contributed by atoms with van der Waals surface area (Å²) in [5.74, 6) is 0. The van der Waals surface area contributed by atoms with Gasteiger partial charge in [0.15, 0.2) is 0 Å². The first-order valence-corrected chi connectivity index (χ1v) is 5.44. The molecule has 1 aromatic rings. The summed E-state index contributed by atoms with van der Waals surface area (Å²) < 4.78 is 0. The number of rotatable bonds is 4. The van der Waals surface area contributed by atoms with Crippen molar-refractivity contribution >= 4 is 0 Å². The molecule has 2 nitrogen and oxygen atoms in total. The van der Waals surface area contributed by atoms with Crippen LogP contribution in [-0.4, -0.2) is 17.8 Å². The van der Waals surface area contributed by atoms with Crippen LogP contribution in [0.1, 0.15) is 31.9 Å². The van der Waals surface area contributed by atoms with Gasteiger partial charge in [0.05, 0.1) is 12.1 Å². The van der Waals surface area contributed by atoms with E-state index in [0.717, 1.165) is 0 Å². The Morgan fingerprint density at radius 2 is 1.93 bits per heavy atom. The van der Waals surface area contributed by atoms with Gasteiger partial charge in [-0.15, -0.1) is 0 Å². The Labute approximate surface area is 92.3 Å². The Morgan fingerprint density at radius 1 is 1.33 bits per heavy atom. The third kappa shape index (κ3) is 2.80. The zero-order chi connectivity index (χ0) is 11.5. The highest BCUT2D eigenvalue weighted by molar-refractivity contribution is 5.32. The zero-order valence-electron chi connectivity index (χ0n) is 10.0. The van der Waals surface area contributed by atoms with Crippen molar-refractivity contribution in [2.24, 2.45) is 0 Å². The molecule has 0 fully saturated rings. The summed E-state index contributed by atoms with van der Waals surface area (Å²) in [6, 6.07) is 8.53. The van der Waals surface area contributed by atoms with Gasteiger partial charge >= 0.3 is 0 Å². The van der Waals surface area contributed by atoms with Crippen LogP contribution in [0.25, 0.3) is 0 Å². The molecule has 15 heavy (non-hydrogen) atoms. The minimum atomic E-state index is -0.348. The molecule has 0 aliphatic heterocycles. The quantitative estimate of drug-likeness (QED) is 0.793. The van der Waals surface area contributed by atoms with Crippen LogP contribution < -0.4 is 5.32 Å². The third-order valence-electron chi connectivity index (χ3n) is 2.66. The minimum absolute atomic E-state index is 0.107. The molecule has 1 aromatic carbocycles. The maximum atomic E-state index is 9.55. The molecule has 0 radical (unpaired) electrons. The first kappa shape index (κ1) is 12.2. The SMILES string of the molecule is Cc1ccccc1C(C)(CO)NC(C)C. The Kier molecular flexibility index (Phi) is 3.89. The molecule has 0 bridgehead atoms. The maximum absolute atomic E-state index is 9.55. The van der Waals surface area contributed by atoms with Crippen molar-refractivity contribution < 1.29 is 5.11 Å². The van der Waals surface area contributed by atoms with Gasteiger partial charge in [0.2, 0.25) is 0 Å². The summed E-state index contributed by atoms with van der Waals surface area (Å²) in [7, 11) is 0. The highest BCUT2D eigenvalue weighted by atomic mass is 16.3. The Morgan fingerprint density at radius 3 is 2.40 bits per heavy atom. The van der Waals surface area contributed by atoms with Crippen LogP contribution in [0.15, 0.2) is 24.3 Å². The molecule has 0 heterocycles. The molecular weight excluding hydrogens is 186 g/mol. The molecule has 1 atom stereocenters. The number of hydrogen-bond donors (Lipinski definition) is 2. The van der Waals surface area contributed by atoms with Gasteiger partial charge in [-0.3, -0.25) is 0 Å². The standard InChI is InChI=1S/C13H21NO/c1-10(2)14-13(4,9-15)12-8-6-5-7-11(12)3/h5-8,10,14-15H,9H2,1-4H3. The van der Waals surface area contributed by atoms with Gasteiger partial charge in [0, 0.05) is 6.04 Å². The fourth-order valence-corrected chi connectivity index (χ4v) is 2.04. The van der Waals surface area contributed by atoms with Crippen molar-refractivity contribution in [3.8, 4) is 0 Å². The number of benzene rings is 1. The van der Waals surface area contributed by atoms with E-state index in [9.17, 15) is 5.11 Å². The van der Waals surface area contributed by atoms with Gasteiger partial charge in [-0.2, -0.15) is 0 Å². The molecule has 0 saturated carbocycles. The van der Waals surface area contributed by atoms with Gasteiger partial charge in [-0.25, -0.2) is 0 Å². The van der Waals surface area contributed by atoms with E-state index in [4.69, 9.17) is 0 Å². The monoisotopic (exact) mass is 207 g/mol. The lowest BCUT2D eigenvalue weighted by Crippen LogP contribution is -2.46. The zero-order valence-corrected chi connectivity index (χ0v) is 10.0. The molecule has 0 amide bonds. The molecule has 84 valence electrons. The number of aryl methyl sites for hydroxylation is 1. The minimum Gasteiger partial charge on any atom is -0.394 e. The fraction of sp³-hybridized carbons (Fsp3) is 0.538. The summed E-state index contributed by atoms with van der Waals surface area (Å²) >= 11 is 0. The molecule has 0 aromatic heterocycles. The van der Waals surface area contributed by atoms with Crippen LogP contribution in [0.4, 0.5) is 0 Å². The van der Waals surface area contributed by atoms with Crippen LogP contribution >= 0.6 is 0 Å². The Bertz CT molecular complexity index is 322. The second-order valence-corrected chi connectivity index (χ2v) is 4.60. The van der Waals surface area contributed by atoms with Crippen LogP contribution in [0.5, 0.6) is 0 Å². The first-order valence-electron chi connectivity index (χ1n) is 5.44. The molecule has 0 aliphatic carbocycles. The van der Waals surface area contributed by atoms with Gasteiger partial charge in [0.1, 0.15) is 0 Å². The average molecular weight is 207 g/mol. The van der Waals surface area contributed by atoms with Gasteiger partial charge < -0.3 is 10.4 Å². The number of aliphatic hydroxyl groups is 1. The molecule has 2 N–H and O–H groups in total. The van der Waals surface area contributed by atoms with E-state index in [1.165, 1.54) is 11.1 Å². The van der Waals surface area contributed by atoms with Crippen molar-refractivity contribution in [2.45, 2.75) is 39.3 Å². The van der Waals surface area contributed by atoms with E-state index in [1.54, 1.807) is 0 Å². The highest BCUT2D eigenvalue weighted by Gasteiger charge is 2.27. The van der Waals surface area contributed by atoms with Crippen molar-refractivity contribution in [1.82, 2.24) is 5.32 Å². The van der Waals surface area contributed by atoms with Crippen LogP contribution in [0, 0.1) is 6.92 Å². The molecule has 0 spiro atoms. The second-order valence-electron chi connectivity index (χ2n) is 4.60. The summed E-state index contributed by atoms with van der Waals surface area (Å²) in [4.78, 5) is 0. The maximum Gasteiger partial charge on any atom is 0.0652 e. The largest absolute Gasteiger partial charge is 0.394 e. The molecule has 0 saturated heterocycles. The van der Waals surface area contributed by atoms with Crippen molar-refractivity contribution in [1.29, 1.82) is 0 Å². The lowest BCUT2D eigenvalue weighted by Gasteiger charge is -2.33. The lowest BCUT2D eigenvalue weighted by molar-refractivity contribution is 0.165. The predicted molar refractivity (Wildman–Crippen MR) is 63.9 cm³/mol. The van der Waals surface area contributed by atoms with E-state index >= 15 is 0 Å². The number of aliphatic hydroxyl groups excluding tert-OH is 1. The van der Waals surface area contributed by atoms with Crippen molar-refractivity contribution in [3.63, 3.8) is 0 Å². The molecule has 0 aliphatic rings. The summed E-state index contributed by atoms with van der Waals surface area (Å²) in [5, 5.41) is 13.0. The van der Waals surface area contributed by atoms with Crippen LogP contribution in [-0.2, 0) is 5.54 Å². The van der Waals surface area contributed by atoms with E-state index in [2.05, 4.69) is 38.2 Å². The van der Waals surface area contributed by atoms with Crippen LogP contribution in [0.3, 0.4) is 0 Å². The lowest BCUT2D eigenvalue weighted by atomic mass is 9.88. The van der Waals surface area contributed by atoms with E-state index in [-0.39, 0.29) is 12.1 Å². The molecular formula is C13H21NO. The predicted octanol–water partition coefficient (Wildman–Crippen LogP) is 2.20. The summed E-state index contributed by atoms with van der Waals surface area (Å²) in [6.07, 6.45) is 0. The van der Waals surface area contributed by atoms with E-state index < -0.39 is 0 Å². The normalized spacial score (nSPS) is 15.3.